The standard InChI is InChI=1S/C17H19FN2O2/c1-12-5-3-8-16(13(12)2)22-10-9-19-17(21)20-15-7-4-6-14(18)11-15/h3-8,11H,9-10H2,1-2H3,(H2,19,20,21). The van der Waals surface area contributed by atoms with E-state index in [2.05, 4.69) is 10.6 Å². The van der Waals surface area contributed by atoms with Crippen molar-refractivity contribution in [1.29, 1.82) is 0 Å². The fourth-order valence-electron chi connectivity index (χ4n) is 1.95. The molecule has 0 atom stereocenters. The number of hydrogen-bond donors (Lipinski definition) is 2. The number of urea groups is 1. The highest BCUT2D eigenvalue weighted by Gasteiger charge is 2.04. The number of halogens is 1. The first-order chi connectivity index (χ1) is 10.6. The molecule has 2 amide bonds. The first-order valence-corrected chi connectivity index (χ1v) is 7.05. The highest BCUT2D eigenvalue weighted by atomic mass is 19.1. The molecular weight excluding hydrogens is 283 g/mol. The van der Waals surface area contributed by atoms with Crippen LogP contribution in [-0.4, -0.2) is 19.2 Å². The van der Waals surface area contributed by atoms with Crippen LogP contribution < -0.4 is 15.4 Å². The summed E-state index contributed by atoms with van der Waals surface area (Å²) in [6, 6.07) is 11.2. The van der Waals surface area contributed by atoms with Crippen LogP contribution in [0, 0.1) is 19.7 Å². The molecule has 0 radical (unpaired) electrons. The van der Waals surface area contributed by atoms with Gasteiger partial charge >= 0.3 is 6.03 Å². The summed E-state index contributed by atoms with van der Waals surface area (Å²) in [5, 5.41) is 5.21. The fraction of sp³-hybridized carbons (Fsp3) is 0.235. The van der Waals surface area contributed by atoms with Crippen molar-refractivity contribution >= 4 is 11.7 Å². The molecule has 0 unspecified atom stereocenters. The van der Waals surface area contributed by atoms with E-state index in [-0.39, 0.29) is 0 Å². The average Bonchev–Trinajstić information content (AvgIpc) is 2.48. The lowest BCUT2D eigenvalue weighted by Crippen LogP contribution is -2.32. The van der Waals surface area contributed by atoms with E-state index in [1.54, 1.807) is 6.07 Å². The highest BCUT2D eigenvalue weighted by molar-refractivity contribution is 5.89. The number of hydrogen-bond acceptors (Lipinski definition) is 2. The van der Waals surface area contributed by atoms with Gasteiger partial charge in [0.15, 0.2) is 0 Å². The Balaban J connectivity index is 1.74. The van der Waals surface area contributed by atoms with E-state index in [9.17, 15) is 9.18 Å². The number of nitrogens with one attached hydrogen (secondary N) is 2. The molecule has 2 aromatic rings. The van der Waals surface area contributed by atoms with Crippen molar-refractivity contribution in [3.63, 3.8) is 0 Å². The van der Waals surface area contributed by atoms with Crippen molar-refractivity contribution in [3.8, 4) is 5.75 Å². The number of benzene rings is 2. The van der Waals surface area contributed by atoms with Gasteiger partial charge in [0.05, 0.1) is 6.54 Å². The van der Waals surface area contributed by atoms with Crippen molar-refractivity contribution in [1.82, 2.24) is 5.32 Å². The molecule has 0 fully saturated rings. The normalized spacial score (nSPS) is 10.1. The Bertz CT molecular complexity index is 659. The monoisotopic (exact) mass is 302 g/mol. The predicted octanol–water partition coefficient (Wildman–Crippen LogP) is 3.64. The molecule has 0 saturated carbocycles. The number of carbonyl (C=O) groups excluding carboxylic acids is 1. The van der Waals surface area contributed by atoms with Crippen molar-refractivity contribution < 1.29 is 13.9 Å². The molecule has 0 saturated heterocycles. The molecule has 0 aliphatic carbocycles. The summed E-state index contributed by atoms with van der Waals surface area (Å²) in [6.45, 7) is 4.73. The van der Waals surface area contributed by atoms with Gasteiger partial charge in [-0.25, -0.2) is 9.18 Å². The topological polar surface area (TPSA) is 50.4 Å². The Labute approximate surface area is 129 Å². The second-order valence-corrected chi connectivity index (χ2v) is 4.94. The van der Waals surface area contributed by atoms with Gasteiger partial charge in [-0.2, -0.15) is 0 Å². The van der Waals surface area contributed by atoms with E-state index < -0.39 is 11.8 Å². The molecule has 2 rings (SSSR count). The van der Waals surface area contributed by atoms with Crippen LogP contribution in [0.5, 0.6) is 5.75 Å². The van der Waals surface area contributed by atoms with Crippen LogP contribution in [0.25, 0.3) is 0 Å². The molecule has 2 N–H and O–H groups in total. The number of anilines is 1. The van der Waals surface area contributed by atoms with E-state index >= 15 is 0 Å². The van der Waals surface area contributed by atoms with Gasteiger partial charge < -0.3 is 15.4 Å². The zero-order chi connectivity index (χ0) is 15.9. The minimum Gasteiger partial charge on any atom is -0.491 e. The van der Waals surface area contributed by atoms with Crippen LogP contribution in [0.1, 0.15) is 11.1 Å². The SMILES string of the molecule is Cc1cccc(OCCNC(=O)Nc2cccc(F)c2)c1C. The number of carbonyl (C=O) groups is 1. The van der Waals surface area contributed by atoms with Crippen molar-refractivity contribution in [3.05, 3.63) is 59.4 Å². The highest BCUT2D eigenvalue weighted by Crippen LogP contribution is 2.20. The van der Waals surface area contributed by atoms with Gasteiger partial charge in [-0.3, -0.25) is 0 Å². The van der Waals surface area contributed by atoms with Crippen LogP contribution in [-0.2, 0) is 0 Å². The maximum atomic E-state index is 13.0. The smallest absolute Gasteiger partial charge is 0.319 e. The van der Waals surface area contributed by atoms with Crippen molar-refractivity contribution in [2.45, 2.75) is 13.8 Å². The summed E-state index contributed by atoms with van der Waals surface area (Å²) < 4.78 is 18.6. The number of aryl methyl sites for hydroxylation is 1. The summed E-state index contributed by atoms with van der Waals surface area (Å²) in [5.74, 6) is 0.420. The van der Waals surface area contributed by atoms with E-state index in [1.807, 2.05) is 32.0 Å². The van der Waals surface area contributed by atoms with E-state index in [0.29, 0.717) is 18.8 Å². The van der Waals surface area contributed by atoms with Crippen LogP contribution >= 0.6 is 0 Å². The third kappa shape index (κ3) is 4.48. The Morgan fingerprint density at radius 2 is 1.95 bits per heavy atom. The predicted molar refractivity (Wildman–Crippen MR) is 84.8 cm³/mol. The number of ether oxygens (including phenoxy) is 1. The Hall–Kier alpha value is -2.56. The third-order valence-corrected chi connectivity index (χ3v) is 3.28. The van der Waals surface area contributed by atoms with Gasteiger partial charge in [-0.1, -0.05) is 18.2 Å². The molecule has 2 aromatic carbocycles. The minimum absolute atomic E-state index is 0.356. The zero-order valence-electron chi connectivity index (χ0n) is 12.7. The molecule has 0 bridgehead atoms. The van der Waals surface area contributed by atoms with Crippen LogP contribution in [0.4, 0.5) is 14.9 Å². The molecule has 0 aliphatic rings. The van der Waals surface area contributed by atoms with Gasteiger partial charge in [0.1, 0.15) is 18.2 Å². The second-order valence-electron chi connectivity index (χ2n) is 4.94. The van der Waals surface area contributed by atoms with Gasteiger partial charge in [0.2, 0.25) is 0 Å². The third-order valence-electron chi connectivity index (χ3n) is 3.28. The molecule has 5 heteroatoms. The largest absolute Gasteiger partial charge is 0.491 e. The zero-order valence-corrected chi connectivity index (χ0v) is 12.7. The Morgan fingerprint density at radius 3 is 2.73 bits per heavy atom. The Morgan fingerprint density at radius 1 is 1.18 bits per heavy atom. The molecule has 116 valence electrons. The maximum absolute atomic E-state index is 13.0. The lowest BCUT2D eigenvalue weighted by atomic mass is 10.1. The molecule has 0 aromatic heterocycles. The molecule has 0 aliphatic heterocycles. The van der Waals surface area contributed by atoms with Crippen LogP contribution in [0.2, 0.25) is 0 Å². The number of rotatable bonds is 5. The maximum Gasteiger partial charge on any atom is 0.319 e. The van der Waals surface area contributed by atoms with Gasteiger partial charge in [0.25, 0.3) is 0 Å². The second kappa shape index (κ2) is 7.45. The quantitative estimate of drug-likeness (QED) is 0.828. The number of amides is 2. The average molecular weight is 302 g/mol. The first-order valence-electron chi connectivity index (χ1n) is 7.05. The molecule has 0 spiro atoms. The summed E-state index contributed by atoms with van der Waals surface area (Å²) in [5.41, 5.74) is 2.66. The van der Waals surface area contributed by atoms with Crippen LogP contribution in [0.3, 0.4) is 0 Å². The fourth-order valence-corrected chi connectivity index (χ4v) is 1.95. The summed E-state index contributed by atoms with van der Waals surface area (Å²) >= 11 is 0. The van der Waals surface area contributed by atoms with E-state index in [0.717, 1.165) is 16.9 Å². The van der Waals surface area contributed by atoms with Gasteiger partial charge in [0, 0.05) is 5.69 Å². The van der Waals surface area contributed by atoms with Crippen molar-refractivity contribution in [2.24, 2.45) is 0 Å². The van der Waals surface area contributed by atoms with Gasteiger partial charge in [-0.15, -0.1) is 0 Å². The van der Waals surface area contributed by atoms with Crippen molar-refractivity contribution in [2.75, 3.05) is 18.5 Å². The summed E-state index contributed by atoms with van der Waals surface area (Å²) in [4.78, 5) is 11.7. The summed E-state index contributed by atoms with van der Waals surface area (Å²) in [7, 11) is 0. The molecule has 22 heavy (non-hydrogen) atoms. The summed E-state index contributed by atoms with van der Waals surface area (Å²) in [6.07, 6.45) is 0. The lowest BCUT2D eigenvalue weighted by Gasteiger charge is -2.12. The first kappa shape index (κ1) is 15.8. The van der Waals surface area contributed by atoms with E-state index in [4.69, 9.17) is 4.74 Å². The molecule has 4 nitrogen and oxygen atoms in total. The van der Waals surface area contributed by atoms with Gasteiger partial charge in [-0.05, 0) is 49.2 Å². The minimum atomic E-state index is -0.393. The molecular formula is C17H19FN2O2. The van der Waals surface area contributed by atoms with E-state index in [1.165, 1.54) is 18.2 Å². The lowest BCUT2D eigenvalue weighted by molar-refractivity contribution is 0.247. The Kier molecular flexibility index (Phi) is 5.36. The molecule has 0 heterocycles. The van der Waals surface area contributed by atoms with Crippen LogP contribution in [0.15, 0.2) is 42.5 Å².